The highest BCUT2D eigenvalue weighted by molar-refractivity contribution is 5.70. The minimum Gasteiger partial charge on any atom is -0.481 e. The van der Waals surface area contributed by atoms with Gasteiger partial charge in [-0.2, -0.15) is 0 Å². The molecule has 1 heterocycles. The van der Waals surface area contributed by atoms with Gasteiger partial charge in [-0.05, 0) is 35.8 Å². The lowest BCUT2D eigenvalue weighted by molar-refractivity contribution is -0.136. The van der Waals surface area contributed by atoms with Gasteiger partial charge >= 0.3 is 5.97 Å². The third-order valence-electron chi connectivity index (χ3n) is 4.59. The molecular weight excluding hydrogens is 238 g/mol. The van der Waals surface area contributed by atoms with E-state index in [1.54, 1.807) is 0 Å². The van der Waals surface area contributed by atoms with Gasteiger partial charge in [0.2, 0.25) is 0 Å². The fourth-order valence-electron chi connectivity index (χ4n) is 3.66. The van der Waals surface area contributed by atoms with Crippen molar-refractivity contribution in [3.63, 3.8) is 0 Å². The van der Waals surface area contributed by atoms with Crippen molar-refractivity contribution in [3.05, 3.63) is 35.4 Å². The smallest absolute Gasteiger partial charge is 0.307 e. The van der Waals surface area contributed by atoms with Crippen molar-refractivity contribution in [3.8, 4) is 0 Å². The van der Waals surface area contributed by atoms with E-state index in [2.05, 4.69) is 17.0 Å². The highest BCUT2D eigenvalue weighted by atomic mass is 16.4. The maximum atomic E-state index is 10.6. The summed E-state index contributed by atoms with van der Waals surface area (Å²) in [5, 5.41) is 8.75. The van der Waals surface area contributed by atoms with Crippen molar-refractivity contribution in [1.82, 2.24) is 4.90 Å². The van der Waals surface area contributed by atoms with Crippen LogP contribution in [0.15, 0.2) is 24.3 Å². The topological polar surface area (TPSA) is 40.5 Å². The summed E-state index contributed by atoms with van der Waals surface area (Å²) in [4.78, 5) is 13.2. The van der Waals surface area contributed by atoms with E-state index in [-0.39, 0.29) is 6.42 Å². The first kappa shape index (κ1) is 12.7. The van der Waals surface area contributed by atoms with Crippen LogP contribution in [-0.2, 0) is 17.8 Å². The van der Waals surface area contributed by atoms with E-state index in [4.69, 9.17) is 5.11 Å². The zero-order valence-corrected chi connectivity index (χ0v) is 11.2. The summed E-state index contributed by atoms with van der Waals surface area (Å²) in [6, 6.07) is 8.04. The minimum atomic E-state index is -0.764. The summed E-state index contributed by atoms with van der Waals surface area (Å²) >= 11 is 0. The normalized spacial score (nSPS) is 26.5. The van der Waals surface area contributed by atoms with E-state index in [9.17, 15) is 4.79 Å². The number of aliphatic carboxylic acids is 1. The van der Waals surface area contributed by atoms with Crippen molar-refractivity contribution >= 4 is 5.97 Å². The average Bonchev–Trinajstić information content (AvgIpc) is 2.91. The molecule has 3 nitrogen and oxygen atoms in total. The largest absolute Gasteiger partial charge is 0.481 e. The quantitative estimate of drug-likeness (QED) is 0.903. The summed E-state index contributed by atoms with van der Waals surface area (Å²) in [6.07, 6.45) is 4.37. The molecule has 102 valence electrons. The number of fused-ring (bicyclic) bond motifs is 1. The van der Waals surface area contributed by atoms with Crippen LogP contribution in [0, 0.1) is 11.8 Å². The van der Waals surface area contributed by atoms with Gasteiger partial charge in [-0.25, -0.2) is 0 Å². The highest BCUT2D eigenvalue weighted by Crippen LogP contribution is 2.38. The molecule has 1 aliphatic carbocycles. The van der Waals surface area contributed by atoms with Crippen LogP contribution in [0.1, 0.15) is 30.4 Å². The molecular formula is C16H21NO2. The molecule has 0 bridgehead atoms. The second kappa shape index (κ2) is 5.33. The Morgan fingerprint density at radius 1 is 1.11 bits per heavy atom. The summed E-state index contributed by atoms with van der Waals surface area (Å²) < 4.78 is 0. The molecule has 1 aromatic rings. The zero-order chi connectivity index (χ0) is 13.2. The van der Waals surface area contributed by atoms with E-state index in [1.807, 2.05) is 12.1 Å². The first-order chi connectivity index (χ1) is 9.20. The summed E-state index contributed by atoms with van der Waals surface area (Å²) in [6.45, 7) is 3.52. The second-order valence-electron chi connectivity index (χ2n) is 6.03. The third-order valence-corrected chi connectivity index (χ3v) is 4.59. The predicted molar refractivity (Wildman–Crippen MR) is 73.9 cm³/mol. The fourth-order valence-corrected chi connectivity index (χ4v) is 3.66. The molecule has 3 rings (SSSR count). The summed E-state index contributed by atoms with van der Waals surface area (Å²) in [7, 11) is 0. The predicted octanol–water partition coefficient (Wildman–Crippen LogP) is 2.55. The number of likely N-dealkylation sites (tertiary alicyclic amines) is 1. The van der Waals surface area contributed by atoms with Gasteiger partial charge in [0.15, 0.2) is 0 Å². The Morgan fingerprint density at radius 2 is 1.68 bits per heavy atom. The number of rotatable bonds is 4. The molecule has 2 atom stereocenters. The van der Waals surface area contributed by atoms with Crippen LogP contribution in [0.3, 0.4) is 0 Å². The third kappa shape index (κ3) is 2.98. The molecule has 1 N–H and O–H groups in total. The number of hydrogen-bond donors (Lipinski definition) is 1. The number of carboxylic acid groups (broad SMARTS) is 1. The van der Waals surface area contributed by atoms with Gasteiger partial charge in [-0.15, -0.1) is 0 Å². The van der Waals surface area contributed by atoms with E-state index in [1.165, 1.54) is 37.9 Å². The van der Waals surface area contributed by atoms with Crippen molar-refractivity contribution in [2.45, 2.75) is 32.2 Å². The lowest BCUT2D eigenvalue weighted by Gasteiger charge is -2.16. The Bertz CT molecular complexity index is 442. The van der Waals surface area contributed by atoms with Gasteiger partial charge in [0.1, 0.15) is 0 Å². The van der Waals surface area contributed by atoms with Crippen LogP contribution >= 0.6 is 0 Å². The maximum Gasteiger partial charge on any atom is 0.307 e. The van der Waals surface area contributed by atoms with Crippen LogP contribution in [0.25, 0.3) is 0 Å². The first-order valence-corrected chi connectivity index (χ1v) is 7.22. The van der Waals surface area contributed by atoms with Gasteiger partial charge in [-0.3, -0.25) is 9.69 Å². The molecule has 2 fully saturated rings. The zero-order valence-electron chi connectivity index (χ0n) is 11.2. The Labute approximate surface area is 114 Å². The first-order valence-electron chi connectivity index (χ1n) is 7.22. The molecule has 19 heavy (non-hydrogen) atoms. The number of hydrogen-bond acceptors (Lipinski definition) is 2. The Kier molecular flexibility index (Phi) is 3.56. The van der Waals surface area contributed by atoms with Crippen molar-refractivity contribution in [2.75, 3.05) is 13.1 Å². The summed E-state index contributed by atoms with van der Waals surface area (Å²) in [5.74, 6) is 1.11. The molecule has 1 saturated carbocycles. The van der Waals surface area contributed by atoms with E-state index in [0.717, 1.165) is 23.9 Å². The molecule has 1 saturated heterocycles. The van der Waals surface area contributed by atoms with E-state index < -0.39 is 5.97 Å². The molecule has 0 aromatic heterocycles. The monoisotopic (exact) mass is 259 g/mol. The molecule has 2 aliphatic rings. The molecule has 2 unspecified atom stereocenters. The average molecular weight is 259 g/mol. The standard InChI is InChI=1S/C16H21NO2/c18-16(19)8-12-4-6-13(7-5-12)9-17-10-14-2-1-3-15(14)11-17/h4-7,14-15H,1-3,8-11H2,(H,18,19). The van der Waals surface area contributed by atoms with Crippen LogP contribution in [-0.4, -0.2) is 29.1 Å². The molecule has 0 spiro atoms. The SMILES string of the molecule is O=C(O)Cc1ccc(CN2CC3CCCC3C2)cc1. The number of carbonyl (C=O) groups is 1. The molecule has 0 radical (unpaired) electrons. The highest BCUT2D eigenvalue weighted by Gasteiger charge is 2.35. The second-order valence-corrected chi connectivity index (χ2v) is 6.03. The lowest BCUT2D eigenvalue weighted by atomic mass is 10.0. The van der Waals surface area contributed by atoms with Crippen LogP contribution < -0.4 is 0 Å². The van der Waals surface area contributed by atoms with Crippen LogP contribution in [0.4, 0.5) is 0 Å². The van der Waals surface area contributed by atoms with E-state index >= 15 is 0 Å². The number of nitrogens with zero attached hydrogens (tertiary/aromatic N) is 1. The fraction of sp³-hybridized carbons (Fsp3) is 0.562. The number of benzene rings is 1. The Morgan fingerprint density at radius 3 is 2.26 bits per heavy atom. The van der Waals surface area contributed by atoms with Gasteiger partial charge in [0, 0.05) is 19.6 Å². The minimum absolute atomic E-state index is 0.119. The van der Waals surface area contributed by atoms with Gasteiger partial charge in [-0.1, -0.05) is 30.7 Å². The summed E-state index contributed by atoms with van der Waals surface area (Å²) in [5.41, 5.74) is 2.18. The van der Waals surface area contributed by atoms with Gasteiger partial charge < -0.3 is 5.11 Å². The van der Waals surface area contributed by atoms with Crippen molar-refractivity contribution in [2.24, 2.45) is 11.8 Å². The maximum absolute atomic E-state index is 10.6. The Balaban J connectivity index is 1.57. The van der Waals surface area contributed by atoms with Crippen molar-refractivity contribution in [1.29, 1.82) is 0 Å². The van der Waals surface area contributed by atoms with Gasteiger partial charge in [0.05, 0.1) is 6.42 Å². The Hall–Kier alpha value is -1.35. The molecule has 3 heteroatoms. The van der Waals surface area contributed by atoms with Crippen molar-refractivity contribution < 1.29 is 9.90 Å². The van der Waals surface area contributed by atoms with Crippen LogP contribution in [0.2, 0.25) is 0 Å². The molecule has 0 amide bonds. The number of carboxylic acids is 1. The molecule has 1 aromatic carbocycles. The van der Waals surface area contributed by atoms with Gasteiger partial charge in [0.25, 0.3) is 0 Å². The van der Waals surface area contributed by atoms with Crippen LogP contribution in [0.5, 0.6) is 0 Å². The van der Waals surface area contributed by atoms with E-state index in [0.29, 0.717) is 0 Å². The lowest BCUT2D eigenvalue weighted by Crippen LogP contribution is -2.21. The molecule has 1 aliphatic heterocycles.